The molecular weight excluding hydrogens is 266 g/mol. The first kappa shape index (κ1) is 15.8. The van der Waals surface area contributed by atoms with Crippen molar-refractivity contribution in [1.82, 2.24) is 0 Å². The second kappa shape index (κ2) is 7.34. The molecule has 0 radical (unpaired) electrons. The maximum Gasteiger partial charge on any atom is 0.339 e. The molecule has 1 aromatic carbocycles. The minimum absolute atomic E-state index is 0.00109. The molecule has 0 bridgehead atoms. The average molecular weight is 281 g/mol. The summed E-state index contributed by atoms with van der Waals surface area (Å²) in [6.45, 7) is 0.00109. The SMILES string of the molecule is COc1cccc(C(O)C(O)CCN=[N+]=[N-])c1C(=O)O. The standard InChI is InChI=1S/C12H15N3O5/c1-20-9-4-2-3-7(10(9)12(18)19)11(17)8(16)5-6-14-15-13/h2-4,8,11,16-17H,5-6H2,1H3,(H,18,19). The lowest BCUT2D eigenvalue weighted by Crippen LogP contribution is -2.21. The molecule has 0 heterocycles. The number of hydrogen-bond acceptors (Lipinski definition) is 5. The van der Waals surface area contributed by atoms with Gasteiger partial charge >= 0.3 is 5.97 Å². The normalized spacial score (nSPS) is 13.2. The van der Waals surface area contributed by atoms with Crippen LogP contribution < -0.4 is 4.74 Å². The molecule has 108 valence electrons. The van der Waals surface area contributed by atoms with Crippen molar-refractivity contribution in [2.75, 3.05) is 13.7 Å². The summed E-state index contributed by atoms with van der Waals surface area (Å²) >= 11 is 0. The van der Waals surface area contributed by atoms with Crippen molar-refractivity contribution < 1.29 is 24.9 Å². The number of carbonyl (C=O) groups is 1. The Morgan fingerprint density at radius 1 is 1.50 bits per heavy atom. The number of aliphatic hydroxyl groups is 2. The lowest BCUT2D eigenvalue weighted by molar-refractivity contribution is 0.0139. The largest absolute Gasteiger partial charge is 0.496 e. The Bertz CT molecular complexity index is 528. The number of benzene rings is 1. The van der Waals surface area contributed by atoms with Crippen molar-refractivity contribution in [3.63, 3.8) is 0 Å². The van der Waals surface area contributed by atoms with Crippen molar-refractivity contribution in [2.24, 2.45) is 5.11 Å². The van der Waals surface area contributed by atoms with Gasteiger partial charge in [0.2, 0.25) is 0 Å². The fourth-order valence-corrected chi connectivity index (χ4v) is 1.79. The first-order valence-corrected chi connectivity index (χ1v) is 5.80. The maximum atomic E-state index is 11.2. The predicted octanol–water partition coefficient (Wildman–Crippen LogP) is 1.49. The van der Waals surface area contributed by atoms with E-state index in [1.165, 1.54) is 25.3 Å². The molecule has 0 aromatic heterocycles. The van der Waals surface area contributed by atoms with Gasteiger partial charge in [0.15, 0.2) is 0 Å². The van der Waals surface area contributed by atoms with Gasteiger partial charge < -0.3 is 20.1 Å². The molecule has 0 spiro atoms. The molecule has 0 aliphatic rings. The number of hydrogen-bond donors (Lipinski definition) is 3. The van der Waals surface area contributed by atoms with Gasteiger partial charge in [-0.3, -0.25) is 0 Å². The molecule has 2 unspecified atom stereocenters. The third kappa shape index (κ3) is 3.61. The summed E-state index contributed by atoms with van der Waals surface area (Å²) in [5, 5.41) is 32.3. The Morgan fingerprint density at radius 3 is 2.75 bits per heavy atom. The lowest BCUT2D eigenvalue weighted by Gasteiger charge is -2.20. The van der Waals surface area contributed by atoms with Gasteiger partial charge in [-0.15, -0.1) is 0 Å². The van der Waals surface area contributed by atoms with Crippen LogP contribution in [0.3, 0.4) is 0 Å². The van der Waals surface area contributed by atoms with Crippen LogP contribution in [0.4, 0.5) is 0 Å². The molecule has 20 heavy (non-hydrogen) atoms. The molecule has 1 rings (SSSR count). The summed E-state index contributed by atoms with van der Waals surface area (Å²) in [4.78, 5) is 13.8. The van der Waals surface area contributed by atoms with Gasteiger partial charge in [-0.2, -0.15) is 0 Å². The minimum atomic E-state index is -1.41. The van der Waals surface area contributed by atoms with Crippen LogP contribution in [0.2, 0.25) is 0 Å². The van der Waals surface area contributed by atoms with Gasteiger partial charge in [0.25, 0.3) is 0 Å². The molecule has 0 fully saturated rings. The zero-order valence-corrected chi connectivity index (χ0v) is 10.8. The summed E-state index contributed by atoms with van der Waals surface area (Å²) in [5.41, 5.74) is 7.98. The van der Waals surface area contributed by atoms with Gasteiger partial charge in [0.1, 0.15) is 17.4 Å². The molecule has 0 saturated carbocycles. The number of ether oxygens (including phenoxy) is 1. The van der Waals surface area contributed by atoms with Crippen LogP contribution in [0.25, 0.3) is 10.4 Å². The van der Waals surface area contributed by atoms with E-state index in [4.69, 9.17) is 10.3 Å². The fraction of sp³-hybridized carbons (Fsp3) is 0.417. The summed E-state index contributed by atoms with van der Waals surface area (Å²) in [6, 6.07) is 4.36. The van der Waals surface area contributed by atoms with E-state index >= 15 is 0 Å². The zero-order valence-electron chi connectivity index (χ0n) is 10.8. The van der Waals surface area contributed by atoms with E-state index in [2.05, 4.69) is 10.0 Å². The molecule has 0 amide bonds. The molecule has 3 N–H and O–H groups in total. The highest BCUT2D eigenvalue weighted by Crippen LogP contribution is 2.29. The number of methoxy groups -OCH3 is 1. The molecule has 8 heteroatoms. The number of carboxylic acids is 1. The summed E-state index contributed by atoms with van der Waals surface area (Å²) in [7, 11) is 1.32. The number of rotatable bonds is 7. The number of carboxylic acid groups (broad SMARTS) is 1. The van der Waals surface area contributed by atoms with Gasteiger partial charge in [0, 0.05) is 17.0 Å². The third-order valence-electron chi connectivity index (χ3n) is 2.76. The molecule has 0 saturated heterocycles. The number of azide groups is 1. The highest BCUT2D eigenvalue weighted by Gasteiger charge is 2.25. The van der Waals surface area contributed by atoms with Gasteiger partial charge in [-0.05, 0) is 18.0 Å². The van der Waals surface area contributed by atoms with Crippen LogP contribution in [0.15, 0.2) is 23.3 Å². The van der Waals surface area contributed by atoms with Crippen LogP contribution in [0.1, 0.15) is 28.4 Å². The second-order valence-corrected chi connectivity index (χ2v) is 3.98. The highest BCUT2D eigenvalue weighted by molar-refractivity contribution is 5.92. The Hall–Kier alpha value is -2.28. The van der Waals surface area contributed by atoms with E-state index < -0.39 is 18.2 Å². The quantitative estimate of drug-likeness (QED) is 0.395. The Kier molecular flexibility index (Phi) is 5.79. The van der Waals surface area contributed by atoms with Gasteiger partial charge in [-0.1, -0.05) is 17.2 Å². The van der Waals surface area contributed by atoms with E-state index in [9.17, 15) is 20.1 Å². The first-order chi connectivity index (χ1) is 9.52. The summed E-state index contributed by atoms with van der Waals surface area (Å²) in [5.74, 6) is -1.17. The molecule has 1 aromatic rings. The molecule has 2 atom stereocenters. The Morgan fingerprint density at radius 2 is 2.20 bits per heavy atom. The zero-order chi connectivity index (χ0) is 15.1. The van der Waals surface area contributed by atoms with Gasteiger partial charge in [-0.25, -0.2) is 4.79 Å². The van der Waals surface area contributed by atoms with Crippen molar-refractivity contribution >= 4 is 5.97 Å². The van der Waals surface area contributed by atoms with Crippen LogP contribution in [0, 0.1) is 0 Å². The second-order valence-electron chi connectivity index (χ2n) is 3.98. The number of nitrogens with zero attached hydrogens (tertiary/aromatic N) is 3. The van der Waals surface area contributed by atoms with E-state index in [1.54, 1.807) is 0 Å². The highest BCUT2D eigenvalue weighted by atomic mass is 16.5. The fourth-order valence-electron chi connectivity index (χ4n) is 1.79. The monoisotopic (exact) mass is 281 g/mol. The molecule has 8 nitrogen and oxygen atoms in total. The van der Waals surface area contributed by atoms with Crippen molar-refractivity contribution in [3.8, 4) is 5.75 Å². The van der Waals surface area contributed by atoms with Crippen LogP contribution >= 0.6 is 0 Å². The smallest absolute Gasteiger partial charge is 0.339 e. The summed E-state index contributed by atoms with van der Waals surface area (Å²) in [6.07, 6.45) is -2.64. The average Bonchev–Trinajstić information content (AvgIpc) is 2.45. The predicted molar refractivity (Wildman–Crippen MR) is 69.5 cm³/mol. The Balaban J connectivity index is 3.05. The maximum absolute atomic E-state index is 11.2. The number of aliphatic hydroxyl groups excluding tert-OH is 2. The number of aromatic carboxylic acids is 1. The Labute approximate surface area is 114 Å². The summed E-state index contributed by atoms with van der Waals surface area (Å²) < 4.78 is 4.94. The third-order valence-corrected chi connectivity index (χ3v) is 2.76. The van der Waals surface area contributed by atoms with Crippen molar-refractivity contribution in [2.45, 2.75) is 18.6 Å². The van der Waals surface area contributed by atoms with Gasteiger partial charge in [0.05, 0.1) is 13.2 Å². The van der Waals surface area contributed by atoms with E-state index in [0.717, 1.165) is 0 Å². The van der Waals surface area contributed by atoms with Crippen molar-refractivity contribution in [1.29, 1.82) is 0 Å². The van der Waals surface area contributed by atoms with E-state index in [-0.39, 0.29) is 29.8 Å². The van der Waals surface area contributed by atoms with Crippen LogP contribution in [-0.2, 0) is 0 Å². The lowest BCUT2D eigenvalue weighted by atomic mass is 9.96. The van der Waals surface area contributed by atoms with Crippen LogP contribution in [-0.4, -0.2) is 41.0 Å². The van der Waals surface area contributed by atoms with Crippen molar-refractivity contribution in [3.05, 3.63) is 39.8 Å². The topological polar surface area (TPSA) is 136 Å². The van der Waals surface area contributed by atoms with E-state index in [0.29, 0.717) is 0 Å². The molecule has 0 aliphatic carbocycles. The van der Waals surface area contributed by atoms with Crippen LogP contribution in [0.5, 0.6) is 5.75 Å². The van der Waals surface area contributed by atoms with E-state index in [1.807, 2.05) is 0 Å². The molecular formula is C12H15N3O5. The molecule has 0 aliphatic heterocycles. The first-order valence-electron chi connectivity index (χ1n) is 5.80. The minimum Gasteiger partial charge on any atom is -0.496 e.